The first-order valence-corrected chi connectivity index (χ1v) is 14.0. The number of nitrogens with zero attached hydrogens (tertiary/aromatic N) is 1. The van der Waals surface area contributed by atoms with Crippen LogP contribution in [0.15, 0.2) is 23.2 Å². The quantitative estimate of drug-likeness (QED) is 0.214. The molecule has 2 rings (SSSR count). The number of halogens is 1. The molecule has 0 fully saturated rings. The van der Waals surface area contributed by atoms with Gasteiger partial charge in [0, 0.05) is 0 Å². The van der Waals surface area contributed by atoms with Gasteiger partial charge in [-0.3, -0.25) is 0 Å². The standard InChI is InChI=1S/C29H48ClNO2/c1-4-5-6-7-8-9-10-11-12-13-14-15-16-17-18-19-27(32)24-20-21-25(26(30)22-24)28-31-29(2,3)23-33-28/h20-22,27,32H,4-19,23H2,1-3H3. The summed E-state index contributed by atoms with van der Waals surface area (Å²) in [7, 11) is 0. The van der Waals surface area contributed by atoms with Crippen LogP contribution < -0.4 is 0 Å². The zero-order chi connectivity index (χ0) is 23.9. The van der Waals surface area contributed by atoms with Crippen LogP contribution in [0.3, 0.4) is 0 Å². The number of aliphatic imine (C=N–C) groups is 1. The fourth-order valence-electron chi connectivity index (χ4n) is 4.51. The molecule has 0 saturated carbocycles. The van der Waals surface area contributed by atoms with Crippen LogP contribution in [0, 0.1) is 0 Å². The summed E-state index contributed by atoms with van der Waals surface area (Å²) < 4.78 is 5.70. The normalized spacial score (nSPS) is 16.0. The Bertz CT molecular complexity index is 701. The number of hydrogen-bond acceptors (Lipinski definition) is 3. The summed E-state index contributed by atoms with van der Waals surface area (Å²) >= 11 is 6.47. The minimum absolute atomic E-state index is 0.204. The van der Waals surface area contributed by atoms with Gasteiger partial charge in [-0.1, -0.05) is 121 Å². The second kappa shape index (κ2) is 15.8. The summed E-state index contributed by atoms with van der Waals surface area (Å²) in [5.41, 5.74) is 1.49. The highest BCUT2D eigenvalue weighted by molar-refractivity contribution is 6.34. The largest absolute Gasteiger partial charge is 0.475 e. The van der Waals surface area contributed by atoms with Crippen LogP contribution in [0.5, 0.6) is 0 Å². The Morgan fingerprint density at radius 1 is 0.879 bits per heavy atom. The molecule has 1 unspecified atom stereocenters. The average Bonchev–Trinajstić information content (AvgIpc) is 3.15. The Morgan fingerprint density at radius 2 is 1.39 bits per heavy atom. The van der Waals surface area contributed by atoms with Crippen molar-refractivity contribution in [3.63, 3.8) is 0 Å². The molecule has 188 valence electrons. The number of ether oxygens (including phenoxy) is 1. The van der Waals surface area contributed by atoms with Crippen LogP contribution in [0.2, 0.25) is 5.02 Å². The predicted octanol–water partition coefficient (Wildman–Crippen LogP) is 9.19. The number of benzene rings is 1. The molecule has 1 aliphatic heterocycles. The van der Waals surface area contributed by atoms with E-state index in [9.17, 15) is 5.11 Å². The Balaban J connectivity index is 1.50. The van der Waals surface area contributed by atoms with Crippen LogP contribution in [-0.2, 0) is 4.74 Å². The lowest BCUT2D eigenvalue weighted by Crippen LogP contribution is -2.17. The van der Waals surface area contributed by atoms with Crippen molar-refractivity contribution in [1.82, 2.24) is 0 Å². The highest BCUT2D eigenvalue weighted by atomic mass is 35.5. The molecule has 0 aromatic heterocycles. The first kappa shape index (κ1) is 28.2. The van der Waals surface area contributed by atoms with Gasteiger partial charge in [0.25, 0.3) is 0 Å². The molecule has 33 heavy (non-hydrogen) atoms. The third-order valence-corrected chi connectivity index (χ3v) is 6.97. The van der Waals surface area contributed by atoms with Gasteiger partial charge >= 0.3 is 0 Å². The van der Waals surface area contributed by atoms with Gasteiger partial charge in [0.05, 0.1) is 22.2 Å². The summed E-state index contributed by atoms with van der Waals surface area (Å²) in [4.78, 5) is 4.60. The molecule has 4 heteroatoms. The van der Waals surface area contributed by atoms with Crippen LogP contribution >= 0.6 is 11.6 Å². The molecule has 0 spiro atoms. The molecule has 1 N–H and O–H groups in total. The van der Waals surface area contributed by atoms with Crippen molar-refractivity contribution in [2.24, 2.45) is 4.99 Å². The van der Waals surface area contributed by atoms with Crippen LogP contribution in [-0.4, -0.2) is 23.2 Å². The molecular formula is C29H48ClNO2. The van der Waals surface area contributed by atoms with Gasteiger partial charge < -0.3 is 9.84 Å². The van der Waals surface area contributed by atoms with Crippen LogP contribution in [0.4, 0.5) is 0 Å². The molecule has 3 nitrogen and oxygen atoms in total. The lowest BCUT2D eigenvalue weighted by Gasteiger charge is -2.13. The minimum Gasteiger partial charge on any atom is -0.475 e. The molecule has 1 atom stereocenters. The monoisotopic (exact) mass is 477 g/mol. The minimum atomic E-state index is -0.457. The number of unbranched alkanes of at least 4 members (excludes halogenated alkanes) is 14. The van der Waals surface area contributed by atoms with Gasteiger partial charge in [-0.15, -0.1) is 0 Å². The maximum Gasteiger partial charge on any atom is 0.218 e. The van der Waals surface area contributed by atoms with E-state index < -0.39 is 6.10 Å². The SMILES string of the molecule is CCCCCCCCCCCCCCCCCC(O)c1ccc(C2=NC(C)(C)CO2)c(Cl)c1. The topological polar surface area (TPSA) is 41.8 Å². The molecule has 1 aliphatic rings. The van der Waals surface area contributed by atoms with Crippen molar-refractivity contribution in [3.8, 4) is 0 Å². The molecule has 0 radical (unpaired) electrons. The first-order chi connectivity index (χ1) is 15.9. The summed E-state index contributed by atoms with van der Waals surface area (Å²) in [6.07, 6.45) is 20.7. The van der Waals surface area contributed by atoms with E-state index in [0.29, 0.717) is 17.5 Å². The Hall–Kier alpha value is -1.06. The molecule has 0 aliphatic carbocycles. The van der Waals surface area contributed by atoms with E-state index in [4.69, 9.17) is 16.3 Å². The summed E-state index contributed by atoms with van der Waals surface area (Å²) in [6.45, 7) is 6.94. The fourth-order valence-corrected chi connectivity index (χ4v) is 4.78. The van der Waals surface area contributed by atoms with Crippen LogP contribution in [0.25, 0.3) is 0 Å². The van der Waals surface area contributed by atoms with E-state index in [1.165, 1.54) is 89.9 Å². The van der Waals surface area contributed by atoms with E-state index in [2.05, 4.69) is 11.9 Å². The van der Waals surface area contributed by atoms with Crippen molar-refractivity contribution in [2.75, 3.05) is 6.61 Å². The maximum atomic E-state index is 10.6. The van der Waals surface area contributed by atoms with Crippen molar-refractivity contribution >= 4 is 17.5 Å². The lowest BCUT2D eigenvalue weighted by atomic mass is 10.00. The van der Waals surface area contributed by atoms with Gasteiger partial charge in [0.2, 0.25) is 5.90 Å². The molecule has 0 amide bonds. The molecule has 0 bridgehead atoms. The van der Waals surface area contributed by atoms with E-state index >= 15 is 0 Å². The van der Waals surface area contributed by atoms with Gasteiger partial charge in [-0.05, 0) is 38.0 Å². The highest BCUT2D eigenvalue weighted by Gasteiger charge is 2.28. The first-order valence-electron chi connectivity index (χ1n) is 13.6. The van der Waals surface area contributed by atoms with Crippen molar-refractivity contribution in [2.45, 2.75) is 135 Å². The maximum absolute atomic E-state index is 10.6. The number of hydrogen-bond donors (Lipinski definition) is 1. The zero-order valence-corrected chi connectivity index (χ0v) is 22.3. The van der Waals surface area contributed by atoms with Crippen LogP contribution in [0.1, 0.15) is 141 Å². The zero-order valence-electron chi connectivity index (χ0n) is 21.5. The van der Waals surface area contributed by atoms with Gasteiger partial charge in [0.1, 0.15) is 6.61 Å². The molecule has 1 heterocycles. The molecular weight excluding hydrogens is 430 g/mol. The van der Waals surface area contributed by atoms with Crippen molar-refractivity contribution in [1.29, 1.82) is 0 Å². The second-order valence-corrected chi connectivity index (χ2v) is 10.9. The average molecular weight is 478 g/mol. The van der Waals surface area contributed by atoms with E-state index in [1.54, 1.807) is 0 Å². The third-order valence-electron chi connectivity index (χ3n) is 6.66. The van der Waals surface area contributed by atoms with Gasteiger partial charge in [-0.2, -0.15) is 0 Å². The number of aliphatic hydroxyl groups excluding tert-OH is 1. The van der Waals surface area contributed by atoms with E-state index in [-0.39, 0.29) is 5.54 Å². The number of rotatable bonds is 18. The molecule has 1 aromatic carbocycles. The van der Waals surface area contributed by atoms with Crippen molar-refractivity contribution < 1.29 is 9.84 Å². The van der Waals surface area contributed by atoms with E-state index in [1.807, 2.05) is 32.0 Å². The second-order valence-electron chi connectivity index (χ2n) is 10.5. The predicted molar refractivity (Wildman–Crippen MR) is 143 cm³/mol. The highest BCUT2D eigenvalue weighted by Crippen LogP contribution is 2.29. The fraction of sp³-hybridized carbons (Fsp3) is 0.759. The summed E-state index contributed by atoms with van der Waals surface area (Å²) in [5.74, 6) is 0.605. The van der Waals surface area contributed by atoms with Gasteiger partial charge in [0.15, 0.2) is 0 Å². The third kappa shape index (κ3) is 11.3. The Labute approximate surface area is 208 Å². The lowest BCUT2D eigenvalue weighted by molar-refractivity contribution is 0.163. The Morgan fingerprint density at radius 3 is 1.85 bits per heavy atom. The summed E-state index contributed by atoms with van der Waals surface area (Å²) in [6, 6.07) is 5.74. The summed E-state index contributed by atoms with van der Waals surface area (Å²) in [5, 5.41) is 11.2. The smallest absolute Gasteiger partial charge is 0.218 e. The Kier molecular flexibility index (Phi) is 13.5. The van der Waals surface area contributed by atoms with E-state index in [0.717, 1.165) is 24.0 Å². The molecule has 0 saturated heterocycles. The molecule has 1 aromatic rings. The van der Waals surface area contributed by atoms with Crippen molar-refractivity contribution in [3.05, 3.63) is 34.3 Å². The van der Waals surface area contributed by atoms with Gasteiger partial charge in [-0.25, -0.2) is 4.99 Å². The number of aliphatic hydroxyl groups is 1.